The Kier molecular flexibility index (Phi) is 5.41. The van der Waals surface area contributed by atoms with E-state index in [1.807, 2.05) is 25.1 Å². The molecule has 0 radical (unpaired) electrons. The molecule has 0 amide bonds. The first kappa shape index (κ1) is 21.6. The van der Waals surface area contributed by atoms with Crippen LogP contribution in [0.15, 0.2) is 54.6 Å². The first-order chi connectivity index (χ1) is 15.8. The fraction of sp³-hybridized carbons (Fsp3) is 0.370. The van der Waals surface area contributed by atoms with E-state index in [0.717, 1.165) is 53.4 Å². The largest absolute Gasteiger partial charge is 0.365 e. The van der Waals surface area contributed by atoms with Crippen molar-refractivity contribution in [3.05, 3.63) is 77.4 Å². The molecule has 1 saturated heterocycles. The summed E-state index contributed by atoms with van der Waals surface area (Å²) < 4.78 is 2.08. The zero-order valence-corrected chi connectivity index (χ0v) is 20.1. The highest BCUT2D eigenvalue weighted by molar-refractivity contribution is 5.89. The van der Waals surface area contributed by atoms with E-state index in [-0.39, 0.29) is 5.54 Å². The van der Waals surface area contributed by atoms with Crippen LogP contribution in [0.3, 0.4) is 0 Å². The molecular weight excluding hydrogens is 408 g/mol. The van der Waals surface area contributed by atoms with Crippen LogP contribution in [0.2, 0.25) is 0 Å². The molecule has 33 heavy (non-hydrogen) atoms. The number of likely N-dealkylation sites (tertiary alicyclic amines) is 1. The summed E-state index contributed by atoms with van der Waals surface area (Å²) in [5, 5.41) is 9.71. The third-order valence-corrected chi connectivity index (χ3v) is 6.94. The molecule has 1 atom stereocenters. The number of nitrogens with one attached hydrogen (secondary N) is 1. The number of benzene rings is 2. The number of hydrogen-bond acceptors (Lipinski definition) is 5. The zero-order chi connectivity index (χ0) is 23.2. The van der Waals surface area contributed by atoms with Crippen LogP contribution in [0.1, 0.15) is 43.0 Å². The summed E-state index contributed by atoms with van der Waals surface area (Å²) in [6.07, 6.45) is 1.08. The number of nitrogens with zero attached hydrogens (tertiary/aromatic N) is 5. The first-order valence-corrected chi connectivity index (χ1v) is 11.7. The summed E-state index contributed by atoms with van der Waals surface area (Å²) in [5.74, 6) is 1.73. The quantitative estimate of drug-likeness (QED) is 0.464. The maximum atomic E-state index is 4.91. The zero-order valence-electron chi connectivity index (χ0n) is 20.1. The van der Waals surface area contributed by atoms with E-state index < -0.39 is 0 Å². The van der Waals surface area contributed by atoms with Gasteiger partial charge in [0.25, 0.3) is 0 Å². The van der Waals surface area contributed by atoms with Crippen molar-refractivity contribution in [3.8, 4) is 5.69 Å². The molecular formula is C27H32N6. The van der Waals surface area contributed by atoms with Crippen LogP contribution in [0, 0.1) is 20.8 Å². The molecule has 1 aliphatic heterocycles. The van der Waals surface area contributed by atoms with Crippen LogP contribution in [0.5, 0.6) is 0 Å². The third kappa shape index (κ3) is 3.89. The van der Waals surface area contributed by atoms with Crippen molar-refractivity contribution in [2.75, 3.05) is 18.4 Å². The molecule has 5 rings (SSSR count). The number of aromatic nitrogens is 4. The van der Waals surface area contributed by atoms with Crippen molar-refractivity contribution in [1.82, 2.24) is 24.6 Å². The number of rotatable bonds is 5. The second-order valence-electron chi connectivity index (χ2n) is 9.56. The van der Waals surface area contributed by atoms with Crippen LogP contribution in [-0.4, -0.2) is 43.8 Å². The van der Waals surface area contributed by atoms with Crippen LogP contribution in [0.4, 0.5) is 5.82 Å². The van der Waals surface area contributed by atoms with E-state index in [2.05, 4.69) is 84.0 Å². The van der Waals surface area contributed by atoms with Gasteiger partial charge in [-0.15, -0.1) is 0 Å². The minimum absolute atomic E-state index is 0.124. The molecule has 0 aliphatic carbocycles. The van der Waals surface area contributed by atoms with Crippen molar-refractivity contribution in [1.29, 1.82) is 0 Å². The van der Waals surface area contributed by atoms with Crippen molar-refractivity contribution in [2.24, 2.45) is 0 Å². The van der Waals surface area contributed by atoms with Crippen molar-refractivity contribution < 1.29 is 0 Å². The van der Waals surface area contributed by atoms with Gasteiger partial charge in [-0.05, 0) is 65.3 Å². The molecule has 4 aromatic rings. The van der Waals surface area contributed by atoms with Gasteiger partial charge in [0, 0.05) is 41.3 Å². The fourth-order valence-corrected chi connectivity index (χ4v) is 5.39. The SMILES string of the molecule is Cc1nc(NC2CCN(C(C)(C)c3c(C)nn(-c4ccccc4)c3C)C2)c2ccccc2n1. The van der Waals surface area contributed by atoms with Crippen LogP contribution < -0.4 is 5.32 Å². The first-order valence-electron chi connectivity index (χ1n) is 11.7. The van der Waals surface area contributed by atoms with Crippen molar-refractivity contribution in [2.45, 2.75) is 52.6 Å². The minimum atomic E-state index is -0.124. The topological polar surface area (TPSA) is 58.9 Å². The van der Waals surface area contributed by atoms with Gasteiger partial charge < -0.3 is 5.32 Å². The van der Waals surface area contributed by atoms with Crippen LogP contribution in [0.25, 0.3) is 16.6 Å². The normalized spacial score (nSPS) is 17.1. The smallest absolute Gasteiger partial charge is 0.137 e. The summed E-state index contributed by atoms with van der Waals surface area (Å²) in [4.78, 5) is 11.9. The third-order valence-electron chi connectivity index (χ3n) is 6.94. The number of aryl methyl sites for hydroxylation is 2. The highest BCUT2D eigenvalue weighted by atomic mass is 15.3. The lowest BCUT2D eigenvalue weighted by Gasteiger charge is -2.36. The van der Waals surface area contributed by atoms with Crippen molar-refractivity contribution >= 4 is 16.7 Å². The second kappa shape index (κ2) is 8.27. The number of para-hydroxylation sites is 2. The Morgan fingerprint density at radius 3 is 2.45 bits per heavy atom. The molecule has 2 aromatic carbocycles. The van der Waals surface area contributed by atoms with Gasteiger partial charge in [0.15, 0.2) is 0 Å². The summed E-state index contributed by atoms with van der Waals surface area (Å²) in [6, 6.07) is 18.9. The van der Waals surface area contributed by atoms with E-state index in [1.54, 1.807) is 0 Å². The Hall–Kier alpha value is -3.25. The predicted octanol–water partition coefficient (Wildman–Crippen LogP) is 5.16. The monoisotopic (exact) mass is 440 g/mol. The molecule has 2 aromatic heterocycles. The molecule has 1 unspecified atom stereocenters. The van der Waals surface area contributed by atoms with Gasteiger partial charge in [-0.3, -0.25) is 4.90 Å². The van der Waals surface area contributed by atoms with Crippen LogP contribution >= 0.6 is 0 Å². The molecule has 170 valence electrons. The van der Waals surface area contributed by atoms with E-state index in [4.69, 9.17) is 10.1 Å². The maximum Gasteiger partial charge on any atom is 0.137 e. The standard InChI is InChI=1S/C27H32N6/c1-18-25(19(2)33(31-18)22-11-7-6-8-12-22)27(4,5)32-16-15-21(17-32)30-26-23-13-9-10-14-24(23)28-20(3)29-26/h6-14,21H,15-17H2,1-5H3,(H,28,29,30). The Morgan fingerprint density at radius 1 is 0.939 bits per heavy atom. The Bertz CT molecular complexity index is 1290. The molecule has 3 heterocycles. The van der Waals surface area contributed by atoms with Gasteiger partial charge in [-0.25, -0.2) is 14.6 Å². The van der Waals surface area contributed by atoms with Gasteiger partial charge in [-0.1, -0.05) is 30.3 Å². The minimum Gasteiger partial charge on any atom is -0.365 e. The van der Waals surface area contributed by atoms with E-state index in [0.29, 0.717) is 6.04 Å². The lowest BCUT2D eigenvalue weighted by atomic mass is 9.90. The van der Waals surface area contributed by atoms with Gasteiger partial charge in [0.05, 0.1) is 16.9 Å². The average Bonchev–Trinajstić information content (AvgIpc) is 3.39. The van der Waals surface area contributed by atoms with E-state index in [1.165, 1.54) is 11.3 Å². The Labute approximate surface area is 195 Å². The molecule has 1 aliphatic rings. The molecule has 0 saturated carbocycles. The number of anilines is 1. The lowest BCUT2D eigenvalue weighted by molar-refractivity contribution is 0.152. The Balaban J connectivity index is 1.39. The second-order valence-corrected chi connectivity index (χ2v) is 9.56. The predicted molar refractivity (Wildman–Crippen MR) is 134 cm³/mol. The van der Waals surface area contributed by atoms with Gasteiger partial charge in [0.1, 0.15) is 11.6 Å². The van der Waals surface area contributed by atoms with Gasteiger partial charge >= 0.3 is 0 Å². The molecule has 0 spiro atoms. The van der Waals surface area contributed by atoms with Gasteiger partial charge in [-0.2, -0.15) is 5.10 Å². The van der Waals surface area contributed by atoms with Crippen molar-refractivity contribution in [3.63, 3.8) is 0 Å². The highest BCUT2D eigenvalue weighted by Gasteiger charge is 2.38. The molecule has 1 N–H and O–H groups in total. The number of fused-ring (bicyclic) bond motifs is 1. The molecule has 0 bridgehead atoms. The molecule has 6 nitrogen and oxygen atoms in total. The summed E-state index contributed by atoms with van der Waals surface area (Å²) >= 11 is 0. The number of hydrogen-bond donors (Lipinski definition) is 1. The van der Waals surface area contributed by atoms with Gasteiger partial charge in [0.2, 0.25) is 0 Å². The van der Waals surface area contributed by atoms with E-state index in [9.17, 15) is 0 Å². The summed E-state index contributed by atoms with van der Waals surface area (Å²) in [5.41, 5.74) is 5.58. The molecule has 1 fully saturated rings. The fourth-order valence-electron chi connectivity index (χ4n) is 5.39. The Morgan fingerprint density at radius 2 is 1.67 bits per heavy atom. The summed E-state index contributed by atoms with van der Waals surface area (Å²) in [7, 11) is 0. The molecule has 6 heteroatoms. The van der Waals surface area contributed by atoms with Crippen LogP contribution in [-0.2, 0) is 5.54 Å². The average molecular weight is 441 g/mol. The highest BCUT2D eigenvalue weighted by Crippen LogP contribution is 2.36. The maximum absolute atomic E-state index is 4.91. The lowest BCUT2D eigenvalue weighted by Crippen LogP contribution is -2.42. The summed E-state index contributed by atoms with van der Waals surface area (Å²) in [6.45, 7) is 12.9. The van der Waals surface area contributed by atoms with E-state index >= 15 is 0 Å².